The summed E-state index contributed by atoms with van der Waals surface area (Å²) >= 11 is 0. The van der Waals surface area contributed by atoms with Gasteiger partial charge in [0.15, 0.2) is 0 Å². The van der Waals surface area contributed by atoms with Crippen molar-refractivity contribution in [2.24, 2.45) is 5.92 Å². The second-order valence-corrected chi connectivity index (χ2v) is 6.72. The van der Waals surface area contributed by atoms with Crippen LogP contribution in [-0.2, 0) is 11.2 Å². The Balaban J connectivity index is 2.06. The Labute approximate surface area is 136 Å². The van der Waals surface area contributed by atoms with E-state index in [1.165, 1.54) is 0 Å². The van der Waals surface area contributed by atoms with Crippen molar-refractivity contribution in [1.82, 2.24) is 20.2 Å². The molecule has 2 rings (SSSR count). The number of nitrogen functional groups attached to an aromatic ring is 1. The van der Waals surface area contributed by atoms with E-state index >= 15 is 0 Å². The summed E-state index contributed by atoms with van der Waals surface area (Å²) in [5, 5.41) is 2.87. The van der Waals surface area contributed by atoms with E-state index in [1.807, 2.05) is 13.8 Å². The second kappa shape index (κ2) is 6.93. The molecular weight excluding hydrogens is 294 g/mol. The Morgan fingerprint density at radius 1 is 1.39 bits per heavy atom. The summed E-state index contributed by atoms with van der Waals surface area (Å²) in [6.07, 6.45) is 1.05. The summed E-state index contributed by atoms with van der Waals surface area (Å²) in [6.45, 7) is 8.60. The van der Waals surface area contributed by atoms with Gasteiger partial charge in [-0.3, -0.25) is 9.59 Å². The van der Waals surface area contributed by atoms with Gasteiger partial charge in [-0.05, 0) is 32.3 Å². The average molecular weight is 319 g/mol. The van der Waals surface area contributed by atoms with Crippen molar-refractivity contribution in [3.63, 3.8) is 0 Å². The van der Waals surface area contributed by atoms with Gasteiger partial charge in [0.1, 0.15) is 5.69 Å². The fourth-order valence-electron chi connectivity index (χ4n) is 2.74. The molecule has 1 aliphatic heterocycles. The standard InChI is InChI=1S/C16H25N5O2/c1-9(2)5-11-6-13(20-16(17)19-11)15(23)18-12-7-14(22)21(8-12)10(3)4/h6,9-10,12H,5,7-8H2,1-4H3,(H,18,23)(H2,17,19,20). The number of nitrogens with two attached hydrogens (primary N) is 1. The van der Waals surface area contributed by atoms with Gasteiger partial charge in [-0.15, -0.1) is 0 Å². The Hall–Kier alpha value is -2.18. The quantitative estimate of drug-likeness (QED) is 0.843. The molecule has 2 amide bonds. The molecular formula is C16H25N5O2. The van der Waals surface area contributed by atoms with Crippen molar-refractivity contribution in [1.29, 1.82) is 0 Å². The first kappa shape index (κ1) is 17.2. The minimum atomic E-state index is -0.312. The Morgan fingerprint density at radius 2 is 2.09 bits per heavy atom. The normalized spacial score (nSPS) is 18.1. The highest BCUT2D eigenvalue weighted by molar-refractivity contribution is 5.93. The van der Waals surface area contributed by atoms with E-state index in [2.05, 4.69) is 29.1 Å². The molecule has 1 atom stereocenters. The lowest BCUT2D eigenvalue weighted by atomic mass is 10.1. The van der Waals surface area contributed by atoms with Crippen molar-refractivity contribution in [2.45, 2.75) is 52.6 Å². The lowest BCUT2D eigenvalue weighted by Gasteiger charge is -2.21. The summed E-state index contributed by atoms with van der Waals surface area (Å²) < 4.78 is 0. The number of likely N-dealkylation sites (tertiary alicyclic amines) is 1. The Morgan fingerprint density at radius 3 is 2.65 bits per heavy atom. The predicted octanol–water partition coefficient (Wildman–Crippen LogP) is 0.996. The lowest BCUT2D eigenvalue weighted by molar-refractivity contribution is -0.129. The van der Waals surface area contributed by atoms with E-state index in [1.54, 1.807) is 11.0 Å². The molecule has 1 aromatic heterocycles. The molecule has 1 aromatic rings. The van der Waals surface area contributed by atoms with Crippen LogP contribution in [0.5, 0.6) is 0 Å². The van der Waals surface area contributed by atoms with E-state index in [9.17, 15) is 9.59 Å². The topological polar surface area (TPSA) is 101 Å². The van der Waals surface area contributed by atoms with Gasteiger partial charge in [0.2, 0.25) is 11.9 Å². The fourth-order valence-corrected chi connectivity index (χ4v) is 2.74. The molecule has 23 heavy (non-hydrogen) atoms. The zero-order chi connectivity index (χ0) is 17.1. The average Bonchev–Trinajstić information content (AvgIpc) is 2.78. The molecule has 0 bridgehead atoms. The number of hydrogen-bond donors (Lipinski definition) is 2. The van der Waals surface area contributed by atoms with Crippen LogP contribution in [0.1, 0.15) is 50.3 Å². The van der Waals surface area contributed by atoms with Gasteiger partial charge in [0.05, 0.1) is 6.04 Å². The third-order valence-corrected chi connectivity index (χ3v) is 3.76. The maximum absolute atomic E-state index is 12.4. The number of nitrogens with one attached hydrogen (secondary N) is 1. The number of carbonyl (C=O) groups is 2. The summed E-state index contributed by atoms with van der Waals surface area (Å²) in [7, 11) is 0. The van der Waals surface area contributed by atoms with Crippen molar-refractivity contribution in [2.75, 3.05) is 12.3 Å². The molecule has 0 aromatic carbocycles. The molecule has 0 radical (unpaired) electrons. The van der Waals surface area contributed by atoms with Gasteiger partial charge in [-0.2, -0.15) is 0 Å². The minimum Gasteiger partial charge on any atom is -0.368 e. The van der Waals surface area contributed by atoms with Crippen LogP contribution in [0.4, 0.5) is 5.95 Å². The third-order valence-electron chi connectivity index (χ3n) is 3.76. The summed E-state index contributed by atoms with van der Waals surface area (Å²) in [4.78, 5) is 34.2. The largest absolute Gasteiger partial charge is 0.368 e. The Bertz CT molecular complexity index is 600. The molecule has 1 aliphatic rings. The van der Waals surface area contributed by atoms with Crippen molar-refractivity contribution >= 4 is 17.8 Å². The van der Waals surface area contributed by atoms with Gasteiger partial charge in [-0.25, -0.2) is 9.97 Å². The van der Waals surface area contributed by atoms with Crippen LogP contribution in [0.2, 0.25) is 0 Å². The van der Waals surface area contributed by atoms with Crippen LogP contribution < -0.4 is 11.1 Å². The van der Waals surface area contributed by atoms with E-state index < -0.39 is 0 Å². The van der Waals surface area contributed by atoms with Gasteiger partial charge in [0.25, 0.3) is 5.91 Å². The van der Waals surface area contributed by atoms with Gasteiger partial charge < -0.3 is 16.0 Å². The fraction of sp³-hybridized carbons (Fsp3) is 0.625. The van der Waals surface area contributed by atoms with Crippen molar-refractivity contribution in [3.8, 4) is 0 Å². The van der Waals surface area contributed by atoms with Crippen LogP contribution >= 0.6 is 0 Å². The summed E-state index contributed by atoms with van der Waals surface area (Å²) in [5.74, 6) is 0.257. The SMILES string of the molecule is CC(C)Cc1cc(C(=O)NC2CC(=O)N(C(C)C)C2)nc(N)n1. The van der Waals surface area contributed by atoms with Crippen LogP contribution in [0.3, 0.4) is 0 Å². The van der Waals surface area contributed by atoms with Gasteiger partial charge in [0, 0.05) is 24.7 Å². The third kappa shape index (κ3) is 4.40. The second-order valence-electron chi connectivity index (χ2n) is 6.72. The molecule has 126 valence electrons. The molecule has 0 spiro atoms. The van der Waals surface area contributed by atoms with Crippen molar-refractivity contribution in [3.05, 3.63) is 17.5 Å². The summed E-state index contributed by atoms with van der Waals surface area (Å²) in [5.41, 5.74) is 6.71. The zero-order valence-electron chi connectivity index (χ0n) is 14.2. The number of aromatic nitrogens is 2. The number of rotatable bonds is 5. The number of nitrogens with zero attached hydrogens (tertiary/aromatic N) is 3. The molecule has 0 saturated carbocycles. The maximum Gasteiger partial charge on any atom is 0.270 e. The van der Waals surface area contributed by atoms with E-state index in [-0.39, 0.29) is 35.5 Å². The van der Waals surface area contributed by atoms with Crippen LogP contribution in [0.25, 0.3) is 0 Å². The maximum atomic E-state index is 12.4. The van der Waals surface area contributed by atoms with E-state index in [4.69, 9.17) is 5.73 Å². The molecule has 7 nitrogen and oxygen atoms in total. The first-order valence-electron chi connectivity index (χ1n) is 8.00. The highest BCUT2D eigenvalue weighted by Crippen LogP contribution is 2.15. The molecule has 1 fully saturated rings. The number of amides is 2. The highest BCUT2D eigenvalue weighted by Gasteiger charge is 2.32. The lowest BCUT2D eigenvalue weighted by Crippen LogP contribution is -2.39. The smallest absolute Gasteiger partial charge is 0.270 e. The van der Waals surface area contributed by atoms with E-state index in [0.717, 1.165) is 12.1 Å². The van der Waals surface area contributed by atoms with Crippen LogP contribution in [-0.4, -0.2) is 45.3 Å². The number of carbonyl (C=O) groups excluding carboxylic acids is 2. The van der Waals surface area contributed by atoms with Crippen LogP contribution in [0, 0.1) is 5.92 Å². The molecule has 3 N–H and O–H groups in total. The first-order valence-corrected chi connectivity index (χ1v) is 8.00. The molecule has 7 heteroatoms. The minimum absolute atomic E-state index is 0.0630. The summed E-state index contributed by atoms with van der Waals surface area (Å²) in [6, 6.07) is 1.61. The van der Waals surface area contributed by atoms with Gasteiger partial charge in [-0.1, -0.05) is 13.8 Å². The molecule has 1 unspecified atom stereocenters. The van der Waals surface area contributed by atoms with Gasteiger partial charge >= 0.3 is 0 Å². The predicted molar refractivity (Wildman–Crippen MR) is 87.7 cm³/mol. The Kier molecular flexibility index (Phi) is 5.18. The van der Waals surface area contributed by atoms with Crippen LogP contribution in [0.15, 0.2) is 6.07 Å². The number of anilines is 1. The highest BCUT2D eigenvalue weighted by atomic mass is 16.2. The monoisotopic (exact) mass is 319 g/mol. The zero-order valence-corrected chi connectivity index (χ0v) is 14.2. The van der Waals surface area contributed by atoms with E-state index in [0.29, 0.717) is 18.9 Å². The molecule has 2 heterocycles. The van der Waals surface area contributed by atoms with Crippen molar-refractivity contribution < 1.29 is 9.59 Å². The molecule has 0 aliphatic carbocycles. The molecule has 1 saturated heterocycles. The number of hydrogen-bond acceptors (Lipinski definition) is 5. The first-order chi connectivity index (χ1) is 10.8.